The van der Waals surface area contributed by atoms with E-state index in [-0.39, 0.29) is 37.6 Å². The number of amides is 1. The molecule has 7 heteroatoms. The highest BCUT2D eigenvalue weighted by Crippen LogP contribution is 2.31. The summed E-state index contributed by atoms with van der Waals surface area (Å²) in [4.78, 5) is 42.1. The number of Topliss-reactive ketones (excluding diaryl/α,β-unsaturated/α-hetero) is 1. The van der Waals surface area contributed by atoms with E-state index in [2.05, 4.69) is 4.98 Å². The summed E-state index contributed by atoms with van der Waals surface area (Å²) in [6.45, 7) is 5.39. The van der Waals surface area contributed by atoms with E-state index in [1.165, 1.54) is 4.90 Å². The Balaban J connectivity index is 2.60. The van der Waals surface area contributed by atoms with Crippen LogP contribution in [0.25, 0.3) is 11.1 Å². The van der Waals surface area contributed by atoms with Crippen LogP contribution >= 0.6 is 0 Å². The molecule has 0 saturated carbocycles. The molecule has 27 heavy (non-hydrogen) atoms. The van der Waals surface area contributed by atoms with E-state index >= 15 is 0 Å². The van der Waals surface area contributed by atoms with Crippen molar-refractivity contribution in [2.75, 3.05) is 26.3 Å². The van der Waals surface area contributed by atoms with Crippen LogP contribution < -0.4 is 0 Å². The number of esters is 1. The monoisotopic (exact) mass is 372 g/mol. The van der Waals surface area contributed by atoms with Gasteiger partial charge in [-0.2, -0.15) is 0 Å². The van der Waals surface area contributed by atoms with Gasteiger partial charge in [0.25, 0.3) is 11.7 Å². The van der Waals surface area contributed by atoms with Crippen molar-refractivity contribution in [3.05, 3.63) is 47.3 Å². The fourth-order valence-corrected chi connectivity index (χ4v) is 2.92. The average molecular weight is 372 g/mol. The maximum absolute atomic E-state index is 12.9. The number of likely N-dealkylation sites (N-methyl/N-ethyl adjacent to an activating group) is 1. The number of ketones is 1. The first-order valence-electron chi connectivity index (χ1n) is 8.85. The fourth-order valence-electron chi connectivity index (χ4n) is 2.92. The summed E-state index contributed by atoms with van der Waals surface area (Å²) in [5.41, 5.74) is 1.72. The third-order valence-electron chi connectivity index (χ3n) is 4.19. The third kappa shape index (κ3) is 4.25. The Kier molecular flexibility index (Phi) is 6.90. The van der Waals surface area contributed by atoms with Crippen molar-refractivity contribution < 1.29 is 24.2 Å². The number of hydrogen-bond donors (Lipinski definition) is 2. The lowest BCUT2D eigenvalue weighted by atomic mass is 9.98. The van der Waals surface area contributed by atoms with E-state index < -0.39 is 17.7 Å². The Morgan fingerprint density at radius 2 is 1.81 bits per heavy atom. The number of nitrogens with one attached hydrogen (secondary N) is 1. The predicted molar refractivity (Wildman–Crippen MR) is 101 cm³/mol. The number of H-pyrrole nitrogens is 1. The van der Waals surface area contributed by atoms with Gasteiger partial charge >= 0.3 is 5.97 Å². The van der Waals surface area contributed by atoms with Gasteiger partial charge in [-0.1, -0.05) is 30.3 Å². The second-order valence-corrected chi connectivity index (χ2v) is 5.90. The molecule has 1 amide bonds. The molecule has 1 aromatic carbocycles. The molecule has 0 fully saturated rings. The molecule has 7 nitrogen and oxygen atoms in total. The molecular weight excluding hydrogens is 348 g/mol. The molecule has 0 aliphatic carbocycles. The topological polar surface area (TPSA) is 99.7 Å². The first-order valence-corrected chi connectivity index (χ1v) is 8.85. The summed E-state index contributed by atoms with van der Waals surface area (Å²) < 4.78 is 5.13. The molecule has 0 saturated heterocycles. The Labute approximate surface area is 157 Å². The zero-order valence-corrected chi connectivity index (χ0v) is 15.7. The number of aliphatic hydroxyl groups excluding tert-OH is 1. The van der Waals surface area contributed by atoms with Crippen molar-refractivity contribution in [2.45, 2.75) is 20.8 Å². The summed E-state index contributed by atoms with van der Waals surface area (Å²) in [5, 5.41) is 9.11. The van der Waals surface area contributed by atoms with Crippen molar-refractivity contribution in [1.82, 2.24) is 9.88 Å². The van der Waals surface area contributed by atoms with E-state index in [0.29, 0.717) is 16.8 Å². The highest BCUT2D eigenvalue weighted by molar-refractivity contribution is 6.43. The van der Waals surface area contributed by atoms with Crippen molar-refractivity contribution >= 4 is 17.7 Å². The molecule has 0 unspecified atom stereocenters. The number of carbonyl (C=O) groups is 3. The van der Waals surface area contributed by atoms with Gasteiger partial charge in [0.05, 0.1) is 18.8 Å². The first kappa shape index (κ1) is 20.4. The van der Waals surface area contributed by atoms with Gasteiger partial charge in [0.1, 0.15) is 5.69 Å². The minimum atomic E-state index is -0.761. The lowest BCUT2D eigenvalue weighted by molar-refractivity contribution is -0.126. The summed E-state index contributed by atoms with van der Waals surface area (Å²) >= 11 is 0. The number of rotatable bonds is 8. The molecule has 0 radical (unpaired) electrons. The lowest BCUT2D eigenvalue weighted by Gasteiger charge is -2.18. The zero-order valence-electron chi connectivity index (χ0n) is 15.7. The number of benzene rings is 1. The molecule has 1 aromatic heterocycles. The zero-order chi connectivity index (χ0) is 20.0. The van der Waals surface area contributed by atoms with Crippen LogP contribution in [-0.4, -0.2) is 59.0 Å². The SMILES string of the molecule is CCOC(=O)c1c(C)[nH]c(C(=O)C(=O)N(CC)CCO)c1-c1ccccc1. The van der Waals surface area contributed by atoms with Gasteiger partial charge < -0.3 is 19.7 Å². The molecule has 0 spiro atoms. The van der Waals surface area contributed by atoms with E-state index in [4.69, 9.17) is 9.84 Å². The van der Waals surface area contributed by atoms with E-state index in [1.807, 2.05) is 6.07 Å². The molecule has 0 atom stereocenters. The fraction of sp³-hybridized carbons (Fsp3) is 0.350. The third-order valence-corrected chi connectivity index (χ3v) is 4.19. The van der Waals surface area contributed by atoms with E-state index in [1.54, 1.807) is 45.0 Å². The van der Waals surface area contributed by atoms with Crippen molar-refractivity contribution in [3.63, 3.8) is 0 Å². The first-order chi connectivity index (χ1) is 13.0. The number of aliphatic hydroxyl groups is 1. The van der Waals surface area contributed by atoms with Gasteiger partial charge in [0.2, 0.25) is 0 Å². The largest absolute Gasteiger partial charge is 0.462 e. The second-order valence-electron chi connectivity index (χ2n) is 5.90. The Hall–Kier alpha value is -2.93. The molecule has 2 aromatic rings. The van der Waals surface area contributed by atoms with Crippen LogP contribution in [0.2, 0.25) is 0 Å². The van der Waals surface area contributed by atoms with Crippen molar-refractivity contribution in [1.29, 1.82) is 0 Å². The van der Waals surface area contributed by atoms with Gasteiger partial charge in [-0.05, 0) is 26.3 Å². The normalized spacial score (nSPS) is 10.5. The summed E-state index contributed by atoms with van der Waals surface area (Å²) in [5.74, 6) is -2.05. The van der Waals surface area contributed by atoms with Gasteiger partial charge in [-0.3, -0.25) is 9.59 Å². The number of carbonyl (C=O) groups excluding carboxylic acids is 3. The van der Waals surface area contributed by atoms with Crippen LogP contribution in [0.1, 0.15) is 40.4 Å². The maximum atomic E-state index is 12.9. The summed E-state index contributed by atoms with van der Waals surface area (Å²) in [7, 11) is 0. The van der Waals surface area contributed by atoms with Crippen LogP contribution in [0.5, 0.6) is 0 Å². The maximum Gasteiger partial charge on any atom is 0.340 e. The quantitative estimate of drug-likeness (QED) is 0.420. The standard InChI is InChI=1S/C20H24N2O5/c1-4-22(11-12-23)19(25)18(24)17-16(14-9-7-6-8-10-14)15(13(3)21-17)20(26)27-5-2/h6-10,21,23H,4-5,11-12H2,1-3H3. The van der Waals surface area contributed by atoms with Gasteiger partial charge in [-0.15, -0.1) is 0 Å². The van der Waals surface area contributed by atoms with E-state index in [0.717, 1.165) is 0 Å². The summed E-state index contributed by atoms with van der Waals surface area (Å²) in [6, 6.07) is 8.91. The minimum absolute atomic E-state index is 0.0446. The lowest BCUT2D eigenvalue weighted by Crippen LogP contribution is -2.38. The molecule has 0 bridgehead atoms. The van der Waals surface area contributed by atoms with Crippen molar-refractivity contribution in [3.8, 4) is 11.1 Å². The molecule has 144 valence electrons. The Bertz CT molecular complexity index is 826. The molecule has 0 aliphatic heterocycles. The summed E-state index contributed by atoms with van der Waals surface area (Å²) in [6.07, 6.45) is 0. The van der Waals surface area contributed by atoms with Crippen LogP contribution in [0.4, 0.5) is 0 Å². The number of aryl methyl sites for hydroxylation is 1. The number of ether oxygens (including phenoxy) is 1. The van der Waals surface area contributed by atoms with Crippen LogP contribution in [-0.2, 0) is 9.53 Å². The molecule has 1 heterocycles. The Morgan fingerprint density at radius 3 is 2.37 bits per heavy atom. The number of aromatic nitrogens is 1. The van der Waals surface area contributed by atoms with Crippen LogP contribution in [0, 0.1) is 6.92 Å². The highest BCUT2D eigenvalue weighted by Gasteiger charge is 2.31. The number of hydrogen-bond acceptors (Lipinski definition) is 5. The average Bonchev–Trinajstić information content (AvgIpc) is 3.03. The predicted octanol–water partition coefficient (Wildman–Crippen LogP) is 2.19. The van der Waals surface area contributed by atoms with Gasteiger partial charge in [0, 0.05) is 24.3 Å². The van der Waals surface area contributed by atoms with Crippen molar-refractivity contribution in [2.24, 2.45) is 0 Å². The molecule has 2 N–H and O–H groups in total. The van der Waals surface area contributed by atoms with Crippen LogP contribution in [0.3, 0.4) is 0 Å². The number of aromatic amines is 1. The van der Waals surface area contributed by atoms with E-state index in [9.17, 15) is 14.4 Å². The molecular formula is C20H24N2O5. The van der Waals surface area contributed by atoms with Gasteiger partial charge in [-0.25, -0.2) is 4.79 Å². The molecule has 2 rings (SSSR count). The highest BCUT2D eigenvalue weighted by atomic mass is 16.5. The molecule has 0 aliphatic rings. The van der Waals surface area contributed by atoms with Gasteiger partial charge in [0.15, 0.2) is 0 Å². The second kappa shape index (κ2) is 9.14. The van der Waals surface area contributed by atoms with Crippen LogP contribution in [0.15, 0.2) is 30.3 Å². The smallest absolute Gasteiger partial charge is 0.340 e. The minimum Gasteiger partial charge on any atom is -0.462 e. The number of nitrogens with zero attached hydrogens (tertiary/aromatic N) is 1. The Morgan fingerprint density at radius 1 is 1.15 bits per heavy atom.